The van der Waals surface area contributed by atoms with Gasteiger partial charge in [-0.05, 0) is 17.7 Å². The van der Waals surface area contributed by atoms with Crippen LogP contribution in [0.3, 0.4) is 0 Å². The number of aromatic nitrogens is 2. The van der Waals surface area contributed by atoms with Crippen LogP contribution in [-0.4, -0.2) is 24.2 Å². The highest BCUT2D eigenvalue weighted by Gasteiger charge is 2.37. The number of nitrogens with two attached hydrogens (primary N) is 2. The highest BCUT2D eigenvalue weighted by Crippen LogP contribution is 2.48. The summed E-state index contributed by atoms with van der Waals surface area (Å²) in [4.78, 5) is 8.98. The molecule has 0 saturated heterocycles. The zero-order valence-electron chi connectivity index (χ0n) is 17.8. The number of halogens is 1. The Morgan fingerprint density at radius 1 is 1.12 bits per heavy atom. The van der Waals surface area contributed by atoms with Gasteiger partial charge in [0.25, 0.3) is 0 Å². The molecule has 8 nitrogen and oxygen atoms in total. The van der Waals surface area contributed by atoms with Gasteiger partial charge in [0.15, 0.2) is 16.7 Å². The van der Waals surface area contributed by atoms with E-state index >= 15 is 0 Å². The summed E-state index contributed by atoms with van der Waals surface area (Å²) >= 11 is 7.61. The van der Waals surface area contributed by atoms with Gasteiger partial charge in [-0.1, -0.05) is 53.7 Å². The minimum atomic E-state index is -0.689. The highest BCUT2D eigenvalue weighted by atomic mass is 35.5. The van der Waals surface area contributed by atoms with Crippen LogP contribution in [0.5, 0.6) is 17.4 Å². The average Bonchev–Trinajstić information content (AvgIpc) is 2.82. The number of hydrogen-bond acceptors (Lipinski definition) is 9. The number of fused-ring (bicyclic) bond motifs is 1. The number of para-hydroxylation sites is 1. The largest absolute Gasteiger partial charge is 0.493 e. The zero-order valence-corrected chi connectivity index (χ0v) is 19.4. The molecule has 1 aromatic heterocycles. The van der Waals surface area contributed by atoms with Gasteiger partial charge in [0.1, 0.15) is 17.5 Å². The first-order valence-corrected chi connectivity index (χ1v) is 11.2. The number of nitriles is 1. The van der Waals surface area contributed by atoms with E-state index < -0.39 is 5.92 Å². The molecule has 1 aliphatic rings. The lowest BCUT2D eigenvalue weighted by Crippen LogP contribution is -2.24. The van der Waals surface area contributed by atoms with Crippen LogP contribution in [0.25, 0.3) is 0 Å². The fourth-order valence-electron chi connectivity index (χ4n) is 3.63. The van der Waals surface area contributed by atoms with E-state index in [4.69, 9.17) is 37.3 Å². The standard InChI is InChI=1S/C23H20ClN5O3S/c1-30-16-9-5-7-13(19(16)31-2)17-14(10-25)21(27)32-22-18(17)20(26)28-23(29-22)33-11-12-6-3-4-8-15(12)24/h3-9,17H,11,27H2,1-2H3,(H2,26,28,29)/t17-/m0/s1. The quantitative estimate of drug-likeness (QED) is 0.392. The SMILES string of the molecule is COc1cccc([C@H]2C(C#N)=C(N)Oc3nc(SCc4ccccc4Cl)nc(N)c32)c1OC. The van der Waals surface area contributed by atoms with Crippen molar-refractivity contribution in [1.29, 1.82) is 5.26 Å². The fourth-order valence-corrected chi connectivity index (χ4v) is 4.76. The Hall–Kier alpha value is -3.61. The number of anilines is 1. The maximum Gasteiger partial charge on any atom is 0.231 e. The number of rotatable bonds is 6. The summed E-state index contributed by atoms with van der Waals surface area (Å²) in [5.74, 6) is 1.12. The third-order valence-corrected chi connectivity index (χ3v) is 6.41. The number of hydrogen-bond donors (Lipinski definition) is 2. The number of nitrogen functional groups attached to an aromatic ring is 1. The molecule has 0 amide bonds. The molecular formula is C23H20ClN5O3S. The van der Waals surface area contributed by atoms with E-state index in [1.54, 1.807) is 12.1 Å². The molecule has 168 valence electrons. The summed E-state index contributed by atoms with van der Waals surface area (Å²) < 4.78 is 16.7. The van der Waals surface area contributed by atoms with E-state index in [2.05, 4.69) is 16.0 Å². The van der Waals surface area contributed by atoms with Crippen molar-refractivity contribution in [3.63, 3.8) is 0 Å². The lowest BCUT2D eigenvalue weighted by Gasteiger charge is -2.28. The van der Waals surface area contributed by atoms with Crippen LogP contribution in [0.15, 0.2) is 59.1 Å². The number of benzene rings is 2. The molecule has 1 aliphatic heterocycles. The average molecular weight is 482 g/mol. The van der Waals surface area contributed by atoms with Crippen molar-refractivity contribution in [3.8, 4) is 23.4 Å². The number of nitrogens with zero attached hydrogens (tertiary/aromatic N) is 3. The molecule has 2 aromatic carbocycles. The lowest BCUT2D eigenvalue weighted by molar-refractivity contribution is 0.347. The Morgan fingerprint density at radius 2 is 1.91 bits per heavy atom. The van der Waals surface area contributed by atoms with Crippen LogP contribution in [-0.2, 0) is 5.75 Å². The molecule has 3 aromatic rings. The van der Waals surface area contributed by atoms with Crippen LogP contribution in [0, 0.1) is 11.3 Å². The molecule has 4 rings (SSSR count). The Labute approximate surface area is 200 Å². The molecule has 1 atom stereocenters. The molecule has 10 heteroatoms. The summed E-state index contributed by atoms with van der Waals surface area (Å²) in [7, 11) is 3.06. The first-order chi connectivity index (χ1) is 16.0. The summed E-state index contributed by atoms with van der Waals surface area (Å²) in [5, 5.41) is 10.9. The molecule has 33 heavy (non-hydrogen) atoms. The minimum Gasteiger partial charge on any atom is -0.493 e. The van der Waals surface area contributed by atoms with E-state index in [1.165, 1.54) is 26.0 Å². The predicted molar refractivity (Wildman–Crippen MR) is 126 cm³/mol. The second-order valence-electron chi connectivity index (χ2n) is 7.00. The Balaban J connectivity index is 1.79. The first kappa shape index (κ1) is 22.6. The topological polar surface area (TPSA) is 129 Å². The number of ether oxygens (including phenoxy) is 3. The van der Waals surface area contributed by atoms with Gasteiger partial charge in [0.2, 0.25) is 11.8 Å². The van der Waals surface area contributed by atoms with Crippen LogP contribution in [0.1, 0.15) is 22.6 Å². The summed E-state index contributed by atoms with van der Waals surface area (Å²) in [5.41, 5.74) is 14.7. The summed E-state index contributed by atoms with van der Waals surface area (Å²) in [6, 6.07) is 15.0. The zero-order chi connectivity index (χ0) is 23.5. The minimum absolute atomic E-state index is 0.0555. The molecule has 0 aliphatic carbocycles. The van der Waals surface area contributed by atoms with Gasteiger partial charge in [-0.15, -0.1) is 0 Å². The van der Waals surface area contributed by atoms with E-state index in [-0.39, 0.29) is 23.2 Å². The molecule has 2 heterocycles. The molecule has 0 fully saturated rings. The number of allylic oxidation sites excluding steroid dienone is 1. The van der Waals surface area contributed by atoms with Crippen molar-refractivity contribution in [1.82, 2.24) is 9.97 Å². The van der Waals surface area contributed by atoms with Crippen LogP contribution >= 0.6 is 23.4 Å². The van der Waals surface area contributed by atoms with E-state index in [9.17, 15) is 5.26 Å². The van der Waals surface area contributed by atoms with Gasteiger partial charge in [0, 0.05) is 16.3 Å². The Morgan fingerprint density at radius 3 is 2.61 bits per heavy atom. The molecule has 0 spiro atoms. The second-order valence-corrected chi connectivity index (χ2v) is 8.35. The van der Waals surface area contributed by atoms with Crippen molar-refractivity contribution in [3.05, 3.63) is 75.6 Å². The van der Waals surface area contributed by atoms with Gasteiger partial charge in [0.05, 0.1) is 25.7 Å². The molecule has 4 N–H and O–H groups in total. The van der Waals surface area contributed by atoms with Crippen molar-refractivity contribution >= 4 is 29.2 Å². The van der Waals surface area contributed by atoms with Gasteiger partial charge in [-0.25, -0.2) is 4.98 Å². The molecular weight excluding hydrogens is 462 g/mol. The van der Waals surface area contributed by atoms with Crippen molar-refractivity contribution in [2.45, 2.75) is 16.8 Å². The third-order valence-electron chi connectivity index (χ3n) is 5.15. The highest BCUT2D eigenvalue weighted by molar-refractivity contribution is 7.98. The van der Waals surface area contributed by atoms with E-state index in [0.717, 1.165) is 5.56 Å². The van der Waals surface area contributed by atoms with Crippen LogP contribution in [0.2, 0.25) is 5.02 Å². The Bertz CT molecular complexity index is 1290. The smallest absolute Gasteiger partial charge is 0.231 e. The van der Waals surface area contributed by atoms with Crippen LogP contribution in [0.4, 0.5) is 5.82 Å². The van der Waals surface area contributed by atoms with E-state index in [1.807, 2.05) is 30.3 Å². The molecule has 0 unspecified atom stereocenters. The number of thioether (sulfide) groups is 1. The normalized spacial score (nSPS) is 14.8. The maximum absolute atomic E-state index is 9.85. The van der Waals surface area contributed by atoms with Crippen molar-refractivity contribution in [2.75, 3.05) is 20.0 Å². The van der Waals surface area contributed by atoms with Crippen molar-refractivity contribution < 1.29 is 14.2 Å². The number of methoxy groups -OCH3 is 2. The third kappa shape index (κ3) is 4.23. The molecule has 0 radical (unpaired) electrons. The van der Waals surface area contributed by atoms with Gasteiger partial charge in [-0.3, -0.25) is 0 Å². The van der Waals surface area contributed by atoms with Crippen molar-refractivity contribution in [2.24, 2.45) is 5.73 Å². The fraction of sp³-hybridized carbons (Fsp3) is 0.174. The summed E-state index contributed by atoms with van der Waals surface area (Å²) in [6.07, 6.45) is 0. The van der Waals surface area contributed by atoms with Crippen LogP contribution < -0.4 is 25.7 Å². The first-order valence-electron chi connectivity index (χ1n) is 9.80. The Kier molecular flexibility index (Phi) is 6.49. The molecule has 0 bridgehead atoms. The lowest BCUT2D eigenvalue weighted by atomic mass is 9.84. The second kappa shape index (κ2) is 9.48. The summed E-state index contributed by atoms with van der Waals surface area (Å²) in [6.45, 7) is 0. The van der Waals surface area contributed by atoms with E-state index in [0.29, 0.717) is 38.6 Å². The predicted octanol–water partition coefficient (Wildman–Crippen LogP) is 4.24. The van der Waals surface area contributed by atoms with Gasteiger partial charge < -0.3 is 25.7 Å². The van der Waals surface area contributed by atoms with Gasteiger partial charge in [-0.2, -0.15) is 10.2 Å². The monoisotopic (exact) mass is 481 g/mol. The maximum atomic E-state index is 9.85. The molecule has 0 saturated carbocycles. The van der Waals surface area contributed by atoms with Gasteiger partial charge >= 0.3 is 0 Å².